The van der Waals surface area contributed by atoms with Crippen LogP contribution in [0, 0.1) is 5.82 Å². The Balaban J connectivity index is 1.50. The first kappa shape index (κ1) is 25.1. The molecule has 1 aromatic heterocycles. The van der Waals surface area contributed by atoms with Gasteiger partial charge in [0.15, 0.2) is 0 Å². The van der Waals surface area contributed by atoms with E-state index in [2.05, 4.69) is 15.4 Å². The molecule has 2 aromatic carbocycles. The minimum Gasteiger partial charge on any atom is -0.459 e. The van der Waals surface area contributed by atoms with E-state index < -0.39 is 17.8 Å². The van der Waals surface area contributed by atoms with Gasteiger partial charge in [0.05, 0.1) is 5.57 Å². The molecule has 1 atom stereocenters. The summed E-state index contributed by atoms with van der Waals surface area (Å²) >= 11 is 14.2. The second-order valence-corrected chi connectivity index (χ2v) is 10.7. The highest BCUT2D eigenvalue weighted by atomic mass is 35.5. The van der Waals surface area contributed by atoms with Crippen LogP contribution in [0.2, 0.25) is 10.0 Å². The van der Waals surface area contributed by atoms with Crippen LogP contribution in [-0.2, 0) is 15.3 Å². The number of benzene rings is 2. The lowest BCUT2D eigenvalue weighted by atomic mass is 9.94. The Kier molecular flexibility index (Phi) is 7.55. The zero-order valence-corrected chi connectivity index (χ0v) is 22.0. The van der Waals surface area contributed by atoms with Crippen LogP contribution >= 0.6 is 35.0 Å². The van der Waals surface area contributed by atoms with E-state index in [0.29, 0.717) is 27.6 Å². The van der Waals surface area contributed by atoms with Gasteiger partial charge in [0.2, 0.25) is 11.1 Å². The number of nitrogens with zero attached hydrogens (tertiary/aromatic N) is 3. The standard InChI is InChI=1S/C26H25Cl2FN4O2S/c1-15-21(24(34)35-17-9-3-2-4-10-17)23(22-19(28)12-7-13-20(22)29)33-25(30-15)31-26(32-33)36-14-16-8-5-6-11-18(16)27/h5-8,11-13,17,23H,2-4,9-10,14H2,1H3,(H,30,31,32). The molecular formula is C26H25Cl2FN4O2S. The summed E-state index contributed by atoms with van der Waals surface area (Å²) in [6.07, 6.45) is 4.69. The summed E-state index contributed by atoms with van der Waals surface area (Å²) < 4.78 is 22.6. The molecule has 6 nitrogen and oxygen atoms in total. The van der Waals surface area contributed by atoms with Gasteiger partial charge in [0.1, 0.15) is 18.0 Å². The Bertz CT molecular complexity index is 1300. The van der Waals surface area contributed by atoms with Crippen molar-refractivity contribution in [3.8, 4) is 0 Å². The van der Waals surface area contributed by atoms with E-state index in [1.165, 1.54) is 28.6 Å². The van der Waals surface area contributed by atoms with Crippen LogP contribution in [0.15, 0.2) is 58.9 Å². The monoisotopic (exact) mass is 546 g/mol. The smallest absolute Gasteiger partial charge is 0.338 e. The maximum absolute atomic E-state index is 15.2. The van der Waals surface area contributed by atoms with Gasteiger partial charge in [-0.1, -0.05) is 65.7 Å². The number of halogens is 3. The Morgan fingerprint density at radius 3 is 2.64 bits per heavy atom. The molecule has 1 aliphatic heterocycles. The molecule has 2 aliphatic rings. The van der Waals surface area contributed by atoms with Crippen LogP contribution in [0.25, 0.3) is 0 Å². The molecule has 1 fully saturated rings. The third kappa shape index (κ3) is 5.12. The maximum atomic E-state index is 15.2. The number of fused-ring (bicyclic) bond motifs is 1. The average molecular weight is 547 g/mol. The van der Waals surface area contributed by atoms with Crippen LogP contribution < -0.4 is 5.32 Å². The summed E-state index contributed by atoms with van der Waals surface area (Å²) in [6, 6.07) is 11.1. The lowest BCUT2D eigenvalue weighted by molar-refractivity contribution is -0.146. The van der Waals surface area contributed by atoms with Crippen molar-refractivity contribution >= 4 is 46.9 Å². The fourth-order valence-electron chi connectivity index (χ4n) is 4.65. The van der Waals surface area contributed by atoms with E-state index in [1.807, 2.05) is 24.3 Å². The number of nitrogens with one attached hydrogen (secondary N) is 1. The molecule has 0 radical (unpaired) electrons. The Labute approximate surface area is 223 Å². The number of hydrogen-bond acceptors (Lipinski definition) is 6. The molecule has 1 aliphatic carbocycles. The average Bonchev–Trinajstić information content (AvgIpc) is 3.26. The largest absolute Gasteiger partial charge is 0.459 e. The van der Waals surface area contributed by atoms with Crippen molar-refractivity contribution in [2.75, 3.05) is 5.32 Å². The molecule has 1 unspecified atom stereocenters. The minimum absolute atomic E-state index is 0.151. The summed E-state index contributed by atoms with van der Waals surface area (Å²) in [7, 11) is 0. The van der Waals surface area contributed by atoms with Gasteiger partial charge in [0, 0.05) is 27.1 Å². The fraction of sp³-hybridized carbons (Fsp3) is 0.346. The quantitative estimate of drug-likeness (QED) is 0.261. The highest BCUT2D eigenvalue weighted by molar-refractivity contribution is 7.98. The van der Waals surface area contributed by atoms with E-state index >= 15 is 4.39 Å². The van der Waals surface area contributed by atoms with Gasteiger partial charge in [-0.2, -0.15) is 4.98 Å². The molecule has 0 amide bonds. The highest BCUT2D eigenvalue weighted by Gasteiger charge is 2.38. The van der Waals surface area contributed by atoms with Crippen molar-refractivity contribution in [2.45, 2.75) is 62.1 Å². The van der Waals surface area contributed by atoms with Gasteiger partial charge < -0.3 is 10.1 Å². The van der Waals surface area contributed by atoms with E-state index in [9.17, 15) is 4.79 Å². The number of anilines is 1. The first-order chi connectivity index (χ1) is 17.4. The number of ether oxygens (including phenoxy) is 1. The number of esters is 1. The van der Waals surface area contributed by atoms with Crippen molar-refractivity contribution in [1.29, 1.82) is 0 Å². The van der Waals surface area contributed by atoms with Crippen LogP contribution in [0.1, 0.15) is 56.2 Å². The van der Waals surface area contributed by atoms with Gasteiger partial charge >= 0.3 is 5.97 Å². The minimum atomic E-state index is -0.923. The molecule has 5 rings (SSSR count). The topological polar surface area (TPSA) is 69.0 Å². The molecule has 36 heavy (non-hydrogen) atoms. The highest BCUT2D eigenvalue weighted by Crippen LogP contribution is 2.41. The summed E-state index contributed by atoms with van der Waals surface area (Å²) in [5.74, 6) is -0.0794. The molecule has 1 N–H and O–H groups in total. The summed E-state index contributed by atoms with van der Waals surface area (Å²) in [6.45, 7) is 1.76. The van der Waals surface area contributed by atoms with Crippen LogP contribution in [0.4, 0.5) is 10.3 Å². The molecule has 1 saturated carbocycles. The zero-order chi connectivity index (χ0) is 25.2. The van der Waals surface area contributed by atoms with E-state index in [0.717, 1.165) is 37.7 Å². The number of allylic oxidation sites excluding steroid dienone is 1. The molecule has 2 heterocycles. The lowest BCUT2D eigenvalue weighted by Crippen LogP contribution is -2.32. The predicted octanol–water partition coefficient (Wildman–Crippen LogP) is 7.18. The number of carbonyl (C=O) groups is 1. The van der Waals surface area contributed by atoms with Crippen LogP contribution in [0.3, 0.4) is 0 Å². The predicted molar refractivity (Wildman–Crippen MR) is 140 cm³/mol. The number of rotatable bonds is 6. The first-order valence-electron chi connectivity index (χ1n) is 11.9. The van der Waals surface area contributed by atoms with Crippen molar-refractivity contribution in [3.05, 3.63) is 80.7 Å². The third-order valence-electron chi connectivity index (χ3n) is 6.47. The van der Waals surface area contributed by atoms with Crippen molar-refractivity contribution in [2.24, 2.45) is 0 Å². The van der Waals surface area contributed by atoms with E-state index in [1.54, 1.807) is 13.0 Å². The van der Waals surface area contributed by atoms with Crippen molar-refractivity contribution in [1.82, 2.24) is 14.8 Å². The lowest BCUT2D eigenvalue weighted by Gasteiger charge is -2.30. The molecular weight excluding hydrogens is 522 g/mol. The van der Waals surface area contributed by atoms with Gasteiger partial charge in [-0.15, -0.1) is 5.10 Å². The Hall–Kier alpha value is -2.55. The number of thioether (sulfide) groups is 1. The first-order valence-corrected chi connectivity index (χ1v) is 13.6. The Morgan fingerprint density at radius 1 is 1.14 bits per heavy atom. The Morgan fingerprint density at radius 2 is 1.89 bits per heavy atom. The van der Waals surface area contributed by atoms with Gasteiger partial charge in [0.25, 0.3) is 0 Å². The number of hydrogen-bond donors (Lipinski definition) is 1. The summed E-state index contributed by atoms with van der Waals surface area (Å²) in [4.78, 5) is 18.1. The van der Waals surface area contributed by atoms with Crippen molar-refractivity contribution < 1.29 is 13.9 Å². The maximum Gasteiger partial charge on any atom is 0.338 e. The molecule has 188 valence electrons. The molecule has 0 bridgehead atoms. The van der Waals surface area contributed by atoms with E-state index in [-0.39, 0.29) is 22.3 Å². The molecule has 0 spiro atoms. The molecule has 3 aromatic rings. The molecule has 0 saturated heterocycles. The number of carbonyl (C=O) groups excluding carboxylic acids is 1. The SMILES string of the molecule is CC1=C(C(=O)OC2CCCCC2)C(c2c(F)cccc2Cl)n2nc(SCc3ccccc3Cl)nc2N1. The van der Waals surface area contributed by atoms with Gasteiger partial charge in [-0.25, -0.2) is 13.9 Å². The van der Waals surface area contributed by atoms with Gasteiger partial charge in [-0.3, -0.25) is 0 Å². The van der Waals surface area contributed by atoms with Gasteiger partial charge in [-0.05, 0) is 56.4 Å². The second kappa shape index (κ2) is 10.8. The van der Waals surface area contributed by atoms with Crippen LogP contribution in [-0.4, -0.2) is 26.8 Å². The second-order valence-electron chi connectivity index (χ2n) is 8.91. The third-order valence-corrected chi connectivity index (χ3v) is 8.05. The fourth-order valence-corrected chi connectivity index (χ4v) is 6.03. The number of aromatic nitrogens is 3. The van der Waals surface area contributed by atoms with Crippen LogP contribution in [0.5, 0.6) is 0 Å². The summed E-state index contributed by atoms with van der Waals surface area (Å²) in [5.41, 5.74) is 1.91. The van der Waals surface area contributed by atoms with Crippen molar-refractivity contribution in [3.63, 3.8) is 0 Å². The molecule has 10 heteroatoms. The van der Waals surface area contributed by atoms with E-state index in [4.69, 9.17) is 27.9 Å². The zero-order valence-electron chi connectivity index (χ0n) is 19.6. The summed E-state index contributed by atoms with van der Waals surface area (Å²) in [5, 5.41) is 9.13. The normalized spacial score (nSPS) is 18.1.